The summed E-state index contributed by atoms with van der Waals surface area (Å²) < 4.78 is 11.9. The van der Waals surface area contributed by atoms with E-state index in [2.05, 4.69) is 30.8 Å². The third kappa shape index (κ3) is 3.70. The molecule has 0 aliphatic rings. The lowest BCUT2D eigenvalue weighted by atomic mass is 9.87. The molecule has 0 N–H and O–H groups in total. The molecule has 2 aromatic carbocycles. The molecule has 0 aliphatic heterocycles. The lowest BCUT2D eigenvalue weighted by Crippen LogP contribution is -2.36. The van der Waals surface area contributed by atoms with Crippen LogP contribution in [0, 0.1) is 0 Å². The Morgan fingerprint density at radius 3 is 1.86 bits per heavy atom. The third-order valence-corrected chi connectivity index (χ3v) is 4.18. The van der Waals surface area contributed by atoms with Crippen molar-refractivity contribution in [2.75, 3.05) is 13.2 Å². The maximum atomic E-state index is 6.08. The highest BCUT2D eigenvalue weighted by atomic mass is 28.2. The fraction of sp³-hybridized carbons (Fsp3) is 0.222. The molecule has 0 unspecified atom stereocenters. The minimum Gasteiger partial charge on any atom is -0.413 e. The molecule has 3 heteroatoms. The minimum atomic E-state index is -0.538. The van der Waals surface area contributed by atoms with Gasteiger partial charge >= 0.3 is 0 Å². The Kier molecular flexibility index (Phi) is 5.50. The molecular weight excluding hydrogens is 276 g/mol. The number of hydrogen-bond donors (Lipinski definition) is 0. The Bertz CT molecular complexity index is 527. The predicted octanol–water partition coefficient (Wildman–Crippen LogP) is 2.82. The van der Waals surface area contributed by atoms with Crippen LogP contribution in [0.2, 0.25) is 0 Å². The molecule has 0 aromatic heterocycles. The highest BCUT2D eigenvalue weighted by molar-refractivity contribution is 5.98. The predicted molar refractivity (Wildman–Crippen MR) is 90.3 cm³/mol. The SMILES string of the molecule is C=C(C)COCC(O[SiH3])(c1ccccc1)c1ccccc1. The van der Waals surface area contributed by atoms with Gasteiger partial charge in [0.2, 0.25) is 0 Å². The summed E-state index contributed by atoms with van der Waals surface area (Å²) in [6.07, 6.45) is 0. The van der Waals surface area contributed by atoms with Gasteiger partial charge in [0.15, 0.2) is 0 Å². The van der Waals surface area contributed by atoms with E-state index in [0.29, 0.717) is 23.7 Å². The van der Waals surface area contributed by atoms with Gasteiger partial charge in [-0.1, -0.05) is 72.8 Å². The smallest absolute Gasteiger partial charge is 0.147 e. The van der Waals surface area contributed by atoms with Crippen LogP contribution in [0.4, 0.5) is 0 Å². The molecule has 110 valence electrons. The van der Waals surface area contributed by atoms with Gasteiger partial charge < -0.3 is 9.16 Å². The van der Waals surface area contributed by atoms with Crippen LogP contribution < -0.4 is 0 Å². The normalized spacial score (nSPS) is 11.5. The van der Waals surface area contributed by atoms with Crippen LogP contribution in [-0.4, -0.2) is 23.7 Å². The second kappa shape index (κ2) is 7.36. The summed E-state index contributed by atoms with van der Waals surface area (Å²) in [6, 6.07) is 20.5. The molecule has 21 heavy (non-hydrogen) atoms. The van der Waals surface area contributed by atoms with Crippen molar-refractivity contribution < 1.29 is 9.16 Å². The first-order valence-corrected chi connectivity index (χ1v) is 7.89. The average molecular weight is 298 g/mol. The molecule has 2 rings (SSSR count). The lowest BCUT2D eigenvalue weighted by Gasteiger charge is -2.34. The number of ether oxygens (including phenoxy) is 1. The van der Waals surface area contributed by atoms with Gasteiger partial charge in [0.1, 0.15) is 16.1 Å². The van der Waals surface area contributed by atoms with E-state index in [1.54, 1.807) is 0 Å². The van der Waals surface area contributed by atoms with Crippen LogP contribution in [0.15, 0.2) is 72.8 Å². The maximum absolute atomic E-state index is 6.08. The van der Waals surface area contributed by atoms with Crippen molar-refractivity contribution in [2.24, 2.45) is 0 Å². The van der Waals surface area contributed by atoms with Crippen LogP contribution in [0.5, 0.6) is 0 Å². The molecule has 0 saturated heterocycles. The van der Waals surface area contributed by atoms with Crippen molar-refractivity contribution in [1.82, 2.24) is 0 Å². The van der Waals surface area contributed by atoms with Gasteiger partial charge in [-0.3, -0.25) is 0 Å². The van der Waals surface area contributed by atoms with Crippen LogP contribution in [0.3, 0.4) is 0 Å². The first kappa shape index (κ1) is 15.7. The Hall–Kier alpha value is -1.68. The first-order chi connectivity index (χ1) is 10.2. The van der Waals surface area contributed by atoms with Gasteiger partial charge in [-0.05, 0) is 18.1 Å². The Morgan fingerprint density at radius 2 is 1.48 bits per heavy atom. The molecular formula is C18H22O2Si. The number of rotatable bonds is 7. The number of benzene rings is 2. The molecule has 0 amide bonds. The van der Waals surface area contributed by atoms with Crippen molar-refractivity contribution in [2.45, 2.75) is 12.5 Å². The largest absolute Gasteiger partial charge is 0.413 e. The second-order valence-electron chi connectivity index (χ2n) is 5.21. The van der Waals surface area contributed by atoms with Crippen LogP contribution >= 0.6 is 0 Å². The van der Waals surface area contributed by atoms with Gasteiger partial charge in [0.25, 0.3) is 0 Å². The van der Waals surface area contributed by atoms with Gasteiger partial charge in [0, 0.05) is 0 Å². The van der Waals surface area contributed by atoms with Crippen molar-refractivity contribution in [3.8, 4) is 0 Å². The highest BCUT2D eigenvalue weighted by Crippen LogP contribution is 2.33. The molecule has 0 spiro atoms. The van der Waals surface area contributed by atoms with E-state index in [0.717, 1.165) is 16.7 Å². The fourth-order valence-electron chi connectivity index (χ4n) is 2.41. The Balaban J connectivity index is 2.39. The average Bonchev–Trinajstić information content (AvgIpc) is 2.53. The molecule has 0 heterocycles. The summed E-state index contributed by atoms with van der Waals surface area (Å²) >= 11 is 0. The summed E-state index contributed by atoms with van der Waals surface area (Å²) in [4.78, 5) is 0. The molecule has 0 aliphatic carbocycles. The molecule has 0 fully saturated rings. The highest BCUT2D eigenvalue weighted by Gasteiger charge is 2.33. The monoisotopic (exact) mass is 298 g/mol. The summed E-state index contributed by atoms with van der Waals surface area (Å²) in [6.45, 7) is 6.89. The van der Waals surface area contributed by atoms with Crippen molar-refractivity contribution in [1.29, 1.82) is 0 Å². The zero-order chi connectivity index (χ0) is 15.1. The second-order valence-corrected chi connectivity index (χ2v) is 5.62. The van der Waals surface area contributed by atoms with E-state index in [-0.39, 0.29) is 0 Å². The fourth-order valence-corrected chi connectivity index (χ4v) is 3.00. The van der Waals surface area contributed by atoms with Gasteiger partial charge in [-0.25, -0.2) is 0 Å². The van der Waals surface area contributed by atoms with Crippen LogP contribution in [0.25, 0.3) is 0 Å². The molecule has 0 saturated carbocycles. The minimum absolute atomic E-state index is 0.484. The lowest BCUT2D eigenvalue weighted by molar-refractivity contribution is 0.00869. The molecule has 0 atom stereocenters. The van der Waals surface area contributed by atoms with E-state index >= 15 is 0 Å². The quantitative estimate of drug-likeness (QED) is 0.578. The standard InChI is InChI=1S/C18H22O2Si/c1-15(2)13-19-14-18(20-21,16-9-5-3-6-10-16)17-11-7-4-8-12-17/h3-12H,1,13-14H2,2,21H3. The molecule has 2 aromatic rings. The summed E-state index contributed by atoms with van der Waals surface area (Å²) in [7, 11) is 0.626. The third-order valence-electron chi connectivity index (χ3n) is 3.48. The topological polar surface area (TPSA) is 18.5 Å². The molecule has 2 nitrogen and oxygen atoms in total. The Labute approximate surface area is 130 Å². The van der Waals surface area contributed by atoms with Gasteiger partial charge in [-0.2, -0.15) is 0 Å². The zero-order valence-corrected chi connectivity index (χ0v) is 14.7. The van der Waals surface area contributed by atoms with E-state index in [4.69, 9.17) is 9.16 Å². The van der Waals surface area contributed by atoms with Crippen molar-refractivity contribution in [3.63, 3.8) is 0 Å². The van der Waals surface area contributed by atoms with Gasteiger partial charge in [-0.15, -0.1) is 0 Å². The molecule has 0 radical (unpaired) electrons. The van der Waals surface area contributed by atoms with E-state index < -0.39 is 5.60 Å². The number of hydrogen-bond acceptors (Lipinski definition) is 2. The summed E-state index contributed by atoms with van der Waals surface area (Å²) in [5.41, 5.74) is 2.71. The van der Waals surface area contributed by atoms with Crippen molar-refractivity contribution >= 4 is 10.5 Å². The van der Waals surface area contributed by atoms with Gasteiger partial charge in [0.05, 0.1) is 13.2 Å². The molecule has 0 bridgehead atoms. The summed E-state index contributed by atoms with van der Waals surface area (Å²) in [5, 5.41) is 0. The van der Waals surface area contributed by atoms with E-state index in [1.807, 2.05) is 43.3 Å². The van der Waals surface area contributed by atoms with E-state index in [9.17, 15) is 0 Å². The van der Waals surface area contributed by atoms with Crippen molar-refractivity contribution in [3.05, 3.63) is 83.9 Å². The van der Waals surface area contributed by atoms with E-state index in [1.165, 1.54) is 0 Å². The Morgan fingerprint density at radius 1 is 1.00 bits per heavy atom. The maximum Gasteiger partial charge on any atom is 0.147 e. The first-order valence-electron chi connectivity index (χ1n) is 7.07. The summed E-state index contributed by atoms with van der Waals surface area (Å²) in [5.74, 6) is 0. The van der Waals surface area contributed by atoms with Crippen LogP contribution in [0.1, 0.15) is 18.1 Å². The van der Waals surface area contributed by atoms with Crippen LogP contribution in [-0.2, 0) is 14.8 Å². The zero-order valence-electron chi connectivity index (χ0n) is 12.7.